The molecule has 1 fully saturated rings. The minimum Gasteiger partial charge on any atom is -0.444 e. The number of halogens is 1. The Morgan fingerprint density at radius 1 is 1.28 bits per heavy atom. The van der Waals surface area contributed by atoms with Gasteiger partial charge in [-0.1, -0.05) is 42.5 Å². The largest absolute Gasteiger partial charge is 0.444 e. The fourth-order valence-electron chi connectivity index (χ4n) is 3.64. The second-order valence-corrected chi connectivity index (χ2v) is 8.59. The van der Waals surface area contributed by atoms with E-state index in [1.807, 2.05) is 62.4 Å². The molecule has 2 aliphatic rings. The SMILES string of the molecule is CC1(C)OC[C@H](/C=C2\C(=O)Nc3c(I)cccc32)N1C(=O)OCc1ccccc1. The van der Waals surface area contributed by atoms with E-state index >= 15 is 0 Å². The predicted octanol–water partition coefficient (Wildman–Crippen LogP) is 4.40. The average molecular weight is 504 g/mol. The molecule has 1 saturated heterocycles. The Bertz CT molecular complexity index is 988. The zero-order valence-corrected chi connectivity index (χ0v) is 18.3. The van der Waals surface area contributed by atoms with Crippen LogP contribution in [0, 0.1) is 3.57 Å². The topological polar surface area (TPSA) is 67.9 Å². The van der Waals surface area contributed by atoms with Gasteiger partial charge >= 0.3 is 6.09 Å². The highest BCUT2D eigenvalue weighted by atomic mass is 127. The number of para-hydroxylation sites is 1. The average Bonchev–Trinajstić information content (AvgIpc) is 3.18. The smallest absolute Gasteiger partial charge is 0.412 e. The molecule has 29 heavy (non-hydrogen) atoms. The van der Waals surface area contributed by atoms with Gasteiger partial charge in [0, 0.05) is 14.7 Å². The monoisotopic (exact) mass is 504 g/mol. The van der Waals surface area contributed by atoms with Crippen molar-refractivity contribution in [1.29, 1.82) is 0 Å². The zero-order chi connectivity index (χ0) is 20.6. The van der Waals surface area contributed by atoms with E-state index in [-0.39, 0.29) is 12.5 Å². The van der Waals surface area contributed by atoms with Gasteiger partial charge in [-0.25, -0.2) is 4.79 Å². The number of carbonyl (C=O) groups excluding carboxylic acids is 2. The summed E-state index contributed by atoms with van der Waals surface area (Å²) in [4.78, 5) is 27.0. The molecule has 4 rings (SSSR count). The van der Waals surface area contributed by atoms with Crippen LogP contribution in [0.3, 0.4) is 0 Å². The van der Waals surface area contributed by atoms with E-state index in [1.54, 1.807) is 11.0 Å². The number of anilines is 1. The lowest BCUT2D eigenvalue weighted by Gasteiger charge is -2.31. The molecule has 0 aliphatic carbocycles. The Balaban J connectivity index is 1.59. The summed E-state index contributed by atoms with van der Waals surface area (Å²) in [7, 11) is 0. The Hall–Kier alpha value is -2.39. The van der Waals surface area contributed by atoms with Gasteiger partial charge in [-0.15, -0.1) is 0 Å². The van der Waals surface area contributed by atoms with E-state index in [9.17, 15) is 9.59 Å². The Labute approximate surface area is 183 Å². The molecular weight excluding hydrogens is 483 g/mol. The van der Waals surface area contributed by atoms with Crippen LogP contribution in [-0.4, -0.2) is 35.3 Å². The summed E-state index contributed by atoms with van der Waals surface area (Å²) >= 11 is 2.20. The van der Waals surface area contributed by atoms with Gasteiger partial charge in [0.15, 0.2) is 0 Å². The number of hydrogen-bond donors (Lipinski definition) is 1. The summed E-state index contributed by atoms with van der Waals surface area (Å²) in [5.74, 6) is -0.175. The molecule has 1 N–H and O–H groups in total. The van der Waals surface area contributed by atoms with Gasteiger partial charge in [-0.05, 0) is 54.1 Å². The molecular formula is C22H21IN2O4. The van der Waals surface area contributed by atoms with Crippen molar-refractivity contribution in [2.75, 3.05) is 11.9 Å². The molecule has 2 aromatic rings. The summed E-state index contributed by atoms with van der Waals surface area (Å²) in [6, 6.07) is 14.9. The second-order valence-electron chi connectivity index (χ2n) is 7.43. The summed E-state index contributed by atoms with van der Waals surface area (Å²) < 4.78 is 12.3. The normalized spacial score (nSPS) is 21.2. The maximum atomic E-state index is 12.9. The molecule has 0 bridgehead atoms. The highest BCUT2D eigenvalue weighted by Gasteiger charge is 2.44. The summed E-state index contributed by atoms with van der Waals surface area (Å²) in [5.41, 5.74) is 2.27. The van der Waals surface area contributed by atoms with Crippen molar-refractivity contribution in [3.63, 3.8) is 0 Å². The van der Waals surface area contributed by atoms with Crippen LogP contribution >= 0.6 is 22.6 Å². The molecule has 2 aromatic carbocycles. The summed E-state index contributed by atoms with van der Waals surface area (Å²) in [5, 5.41) is 2.91. The molecule has 1 atom stereocenters. The number of benzene rings is 2. The van der Waals surface area contributed by atoms with Crippen molar-refractivity contribution in [2.24, 2.45) is 0 Å². The fourth-order valence-corrected chi connectivity index (χ4v) is 4.27. The number of ether oxygens (including phenoxy) is 2. The van der Waals surface area contributed by atoms with E-state index in [0.29, 0.717) is 12.2 Å². The minimum atomic E-state index is -0.835. The molecule has 0 radical (unpaired) electrons. The van der Waals surface area contributed by atoms with Gasteiger partial charge in [0.05, 0.1) is 18.3 Å². The maximum Gasteiger partial charge on any atom is 0.412 e. The molecule has 2 heterocycles. The molecule has 0 spiro atoms. The fraction of sp³-hybridized carbons (Fsp3) is 0.273. The lowest BCUT2D eigenvalue weighted by atomic mass is 10.0. The van der Waals surface area contributed by atoms with Crippen molar-refractivity contribution in [3.8, 4) is 0 Å². The Morgan fingerprint density at radius 3 is 2.79 bits per heavy atom. The van der Waals surface area contributed by atoms with Crippen LogP contribution in [0.4, 0.5) is 10.5 Å². The lowest BCUT2D eigenvalue weighted by molar-refractivity contribution is -0.110. The van der Waals surface area contributed by atoms with Crippen LogP contribution in [0.5, 0.6) is 0 Å². The number of amides is 2. The molecule has 2 aliphatic heterocycles. The van der Waals surface area contributed by atoms with Crippen molar-refractivity contribution >= 4 is 45.9 Å². The van der Waals surface area contributed by atoms with Crippen LogP contribution in [0.25, 0.3) is 5.57 Å². The second kappa shape index (κ2) is 7.79. The van der Waals surface area contributed by atoms with Gasteiger partial charge in [-0.3, -0.25) is 9.69 Å². The van der Waals surface area contributed by atoms with E-state index in [1.165, 1.54) is 0 Å². The number of fused-ring (bicyclic) bond motifs is 1. The van der Waals surface area contributed by atoms with Gasteiger partial charge in [-0.2, -0.15) is 0 Å². The Morgan fingerprint density at radius 2 is 2.03 bits per heavy atom. The van der Waals surface area contributed by atoms with Crippen LogP contribution < -0.4 is 5.32 Å². The predicted molar refractivity (Wildman–Crippen MR) is 118 cm³/mol. The van der Waals surface area contributed by atoms with Crippen molar-refractivity contribution in [1.82, 2.24) is 4.90 Å². The van der Waals surface area contributed by atoms with Gasteiger partial charge in [0.1, 0.15) is 12.3 Å². The van der Waals surface area contributed by atoms with Crippen LogP contribution in [0.1, 0.15) is 25.0 Å². The third kappa shape index (κ3) is 3.89. The number of nitrogens with one attached hydrogen (secondary N) is 1. The van der Waals surface area contributed by atoms with Crippen LogP contribution in [0.2, 0.25) is 0 Å². The minimum absolute atomic E-state index is 0.175. The number of hydrogen-bond acceptors (Lipinski definition) is 4. The standard InChI is InChI=1S/C22H21IN2O4/c1-22(2)25(21(27)28-12-14-7-4-3-5-8-14)15(13-29-22)11-17-16-9-6-10-18(23)19(16)24-20(17)26/h3-11,15H,12-13H2,1-2H3,(H,24,26)/b17-11-/t15-/m0/s1. The molecule has 0 saturated carbocycles. The van der Waals surface area contributed by atoms with E-state index < -0.39 is 17.9 Å². The van der Waals surface area contributed by atoms with Gasteiger partial charge in [0.25, 0.3) is 5.91 Å². The quantitative estimate of drug-likeness (QED) is 0.497. The van der Waals surface area contributed by atoms with Gasteiger partial charge < -0.3 is 14.8 Å². The molecule has 6 nitrogen and oxygen atoms in total. The molecule has 0 aromatic heterocycles. The molecule has 150 valence electrons. The highest BCUT2D eigenvalue weighted by molar-refractivity contribution is 14.1. The summed E-state index contributed by atoms with van der Waals surface area (Å²) in [6.45, 7) is 4.11. The number of nitrogens with zero attached hydrogens (tertiary/aromatic N) is 1. The first-order valence-corrected chi connectivity index (χ1v) is 10.4. The lowest BCUT2D eigenvalue weighted by Crippen LogP contribution is -2.47. The van der Waals surface area contributed by atoms with Gasteiger partial charge in [0.2, 0.25) is 0 Å². The highest BCUT2D eigenvalue weighted by Crippen LogP contribution is 2.37. The first kappa shape index (κ1) is 19.9. The third-order valence-corrected chi connectivity index (χ3v) is 5.97. The van der Waals surface area contributed by atoms with E-state index in [4.69, 9.17) is 9.47 Å². The molecule has 0 unspecified atom stereocenters. The third-order valence-electron chi connectivity index (χ3n) is 5.07. The first-order chi connectivity index (χ1) is 13.9. The van der Waals surface area contributed by atoms with Crippen LogP contribution in [0.15, 0.2) is 54.6 Å². The zero-order valence-electron chi connectivity index (χ0n) is 16.1. The van der Waals surface area contributed by atoms with E-state index in [0.717, 1.165) is 20.4 Å². The first-order valence-electron chi connectivity index (χ1n) is 9.33. The molecule has 7 heteroatoms. The van der Waals surface area contributed by atoms with Crippen molar-refractivity contribution < 1.29 is 19.1 Å². The number of carbonyl (C=O) groups is 2. The maximum absolute atomic E-state index is 12.9. The number of rotatable bonds is 3. The van der Waals surface area contributed by atoms with Crippen LogP contribution in [-0.2, 0) is 20.9 Å². The van der Waals surface area contributed by atoms with Crippen molar-refractivity contribution in [2.45, 2.75) is 32.2 Å². The Kier molecular flexibility index (Phi) is 5.35. The molecule has 2 amide bonds. The summed E-state index contributed by atoms with van der Waals surface area (Å²) in [6.07, 6.45) is 1.33. The van der Waals surface area contributed by atoms with E-state index in [2.05, 4.69) is 27.9 Å². The van der Waals surface area contributed by atoms with Crippen molar-refractivity contribution in [3.05, 3.63) is 69.3 Å².